The van der Waals surface area contributed by atoms with Crippen LogP contribution in [0.2, 0.25) is 0 Å². The second-order valence-corrected chi connectivity index (χ2v) is 4.30. The van der Waals surface area contributed by atoms with Gasteiger partial charge in [-0.25, -0.2) is 5.01 Å². The van der Waals surface area contributed by atoms with Crippen LogP contribution in [0.1, 0.15) is 30.5 Å². The Bertz CT molecular complexity index is 312. The highest BCUT2D eigenvalue weighted by molar-refractivity contribution is 5.14. The van der Waals surface area contributed by atoms with Crippen LogP contribution in [0.5, 0.6) is 0 Å². The molecular weight excluding hydrogens is 188 g/mol. The number of aryl methyl sites for hydroxylation is 2. The second-order valence-electron chi connectivity index (χ2n) is 4.30. The van der Waals surface area contributed by atoms with E-state index in [2.05, 4.69) is 28.7 Å². The van der Waals surface area contributed by atoms with Crippen molar-refractivity contribution in [2.24, 2.45) is 7.05 Å². The molecule has 2 rings (SSSR count). The van der Waals surface area contributed by atoms with Crippen LogP contribution in [-0.2, 0) is 13.6 Å². The first-order valence-corrected chi connectivity index (χ1v) is 5.73. The van der Waals surface area contributed by atoms with Crippen molar-refractivity contribution in [3.05, 3.63) is 17.5 Å². The van der Waals surface area contributed by atoms with Gasteiger partial charge in [0.1, 0.15) is 0 Å². The fraction of sp³-hybridized carbons (Fsp3) is 0.727. The Kier molecular flexibility index (Phi) is 3.38. The molecule has 1 aromatic heterocycles. The van der Waals surface area contributed by atoms with Crippen molar-refractivity contribution >= 4 is 0 Å². The average Bonchev–Trinajstić information content (AvgIpc) is 2.56. The van der Waals surface area contributed by atoms with Gasteiger partial charge >= 0.3 is 0 Å². The fourth-order valence-electron chi connectivity index (χ4n) is 2.07. The van der Waals surface area contributed by atoms with Crippen molar-refractivity contribution in [3.8, 4) is 0 Å². The summed E-state index contributed by atoms with van der Waals surface area (Å²) in [6.07, 6.45) is 6.11. The molecule has 0 bridgehead atoms. The van der Waals surface area contributed by atoms with Gasteiger partial charge in [0.05, 0.1) is 5.69 Å². The molecule has 0 atom stereocenters. The molecule has 1 saturated heterocycles. The van der Waals surface area contributed by atoms with Crippen LogP contribution in [0.15, 0.2) is 6.20 Å². The molecule has 1 fully saturated rings. The van der Waals surface area contributed by atoms with Crippen molar-refractivity contribution in [1.82, 2.24) is 20.2 Å². The number of nitrogens with zero attached hydrogens (tertiary/aromatic N) is 3. The van der Waals surface area contributed by atoms with E-state index in [9.17, 15) is 0 Å². The van der Waals surface area contributed by atoms with Crippen molar-refractivity contribution in [2.45, 2.75) is 32.7 Å². The first-order chi connectivity index (χ1) is 7.25. The van der Waals surface area contributed by atoms with E-state index in [1.807, 2.05) is 11.7 Å². The Labute approximate surface area is 91.2 Å². The van der Waals surface area contributed by atoms with Crippen LogP contribution in [0.4, 0.5) is 0 Å². The number of aromatic nitrogens is 2. The number of hydrogen-bond donors (Lipinski definition) is 1. The van der Waals surface area contributed by atoms with E-state index in [4.69, 9.17) is 0 Å². The third kappa shape index (κ3) is 2.79. The zero-order valence-electron chi connectivity index (χ0n) is 9.66. The Morgan fingerprint density at radius 3 is 2.67 bits per heavy atom. The van der Waals surface area contributed by atoms with Crippen molar-refractivity contribution < 1.29 is 0 Å². The normalized spacial score (nSPS) is 18.3. The minimum atomic E-state index is 0.902. The molecule has 15 heavy (non-hydrogen) atoms. The molecule has 1 aliphatic rings. The summed E-state index contributed by atoms with van der Waals surface area (Å²) in [7, 11) is 1.97. The Morgan fingerprint density at radius 2 is 2.07 bits per heavy atom. The molecular formula is C11H20N4. The van der Waals surface area contributed by atoms with Crippen LogP contribution in [0.25, 0.3) is 0 Å². The summed E-state index contributed by atoms with van der Waals surface area (Å²) in [5.41, 5.74) is 5.89. The van der Waals surface area contributed by atoms with E-state index >= 15 is 0 Å². The van der Waals surface area contributed by atoms with Gasteiger partial charge in [-0.3, -0.25) is 10.1 Å². The van der Waals surface area contributed by atoms with E-state index in [1.54, 1.807) is 0 Å². The molecule has 0 aromatic carbocycles. The molecule has 0 radical (unpaired) electrons. The lowest BCUT2D eigenvalue weighted by Crippen LogP contribution is -2.41. The van der Waals surface area contributed by atoms with Crippen LogP contribution in [0, 0.1) is 6.92 Å². The van der Waals surface area contributed by atoms with E-state index in [0.717, 1.165) is 12.2 Å². The van der Waals surface area contributed by atoms with Gasteiger partial charge in [-0.1, -0.05) is 6.42 Å². The smallest absolute Gasteiger partial charge is 0.0639 e. The molecule has 0 aliphatic carbocycles. The summed E-state index contributed by atoms with van der Waals surface area (Å²) in [6.45, 7) is 5.32. The molecule has 0 unspecified atom stereocenters. The second kappa shape index (κ2) is 4.77. The molecule has 4 nitrogen and oxygen atoms in total. The summed E-state index contributed by atoms with van der Waals surface area (Å²) in [6, 6.07) is 0. The molecule has 2 heterocycles. The zero-order chi connectivity index (χ0) is 10.7. The highest BCUT2D eigenvalue weighted by Gasteiger charge is 2.10. The largest absolute Gasteiger partial charge is 0.275 e. The van der Waals surface area contributed by atoms with E-state index in [1.165, 1.54) is 37.9 Å². The minimum Gasteiger partial charge on any atom is -0.275 e. The Morgan fingerprint density at radius 1 is 1.33 bits per heavy atom. The van der Waals surface area contributed by atoms with E-state index < -0.39 is 0 Å². The predicted molar refractivity (Wildman–Crippen MR) is 60.2 cm³/mol. The van der Waals surface area contributed by atoms with Crippen LogP contribution >= 0.6 is 0 Å². The van der Waals surface area contributed by atoms with Gasteiger partial charge in [0, 0.05) is 38.4 Å². The first-order valence-electron chi connectivity index (χ1n) is 5.73. The predicted octanol–water partition coefficient (Wildman–Crippen LogP) is 1.22. The number of rotatable bonds is 3. The minimum absolute atomic E-state index is 0.902. The highest BCUT2D eigenvalue weighted by Crippen LogP contribution is 2.08. The molecule has 4 heteroatoms. The average molecular weight is 208 g/mol. The van der Waals surface area contributed by atoms with Gasteiger partial charge in [0.2, 0.25) is 0 Å². The molecule has 1 aromatic rings. The van der Waals surface area contributed by atoms with Gasteiger partial charge in [-0.15, -0.1) is 0 Å². The number of piperidine rings is 1. The third-order valence-corrected chi connectivity index (χ3v) is 2.96. The quantitative estimate of drug-likeness (QED) is 0.810. The number of hydrazine groups is 1. The Balaban J connectivity index is 1.84. The lowest BCUT2D eigenvalue weighted by molar-refractivity contribution is 0.151. The van der Waals surface area contributed by atoms with Gasteiger partial charge in [-0.2, -0.15) is 5.10 Å². The maximum Gasteiger partial charge on any atom is 0.0639 e. The molecule has 0 spiro atoms. The van der Waals surface area contributed by atoms with E-state index in [0.29, 0.717) is 0 Å². The van der Waals surface area contributed by atoms with Crippen LogP contribution in [-0.4, -0.2) is 27.9 Å². The number of nitrogens with one attached hydrogen (secondary N) is 1. The first kappa shape index (κ1) is 10.6. The van der Waals surface area contributed by atoms with Crippen LogP contribution < -0.4 is 5.43 Å². The lowest BCUT2D eigenvalue weighted by Gasteiger charge is -2.26. The monoisotopic (exact) mass is 208 g/mol. The third-order valence-electron chi connectivity index (χ3n) is 2.96. The maximum absolute atomic E-state index is 4.33. The summed E-state index contributed by atoms with van der Waals surface area (Å²) in [5, 5.41) is 6.66. The summed E-state index contributed by atoms with van der Waals surface area (Å²) >= 11 is 0. The molecule has 1 aliphatic heterocycles. The van der Waals surface area contributed by atoms with Gasteiger partial charge in [0.15, 0.2) is 0 Å². The SMILES string of the molecule is Cc1nn(C)cc1CNN1CCCCC1. The fourth-order valence-corrected chi connectivity index (χ4v) is 2.07. The van der Waals surface area contributed by atoms with Crippen molar-refractivity contribution in [1.29, 1.82) is 0 Å². The Hall–Kier alpha value is -0.870. The zero-order valence-corrected chi connectivity index (χ0v) is 9.66. The maximum atomic E-state index is 4.33. The topological polar surface area (TPSA) is 33.1 Å². The van der Waals surface area contributed by atoms with Crippen molar-refractivity contribution in [2.75, 3.05) is 13.1 Å². The highest BCUT2D eigenvalue weighted by atomic mass is 15.5. The lowest BCUT2D eigenvalue weighted by atomic mass is 10.2. The number of hydrogen-bond acceptors (Lipinski definition) is 3. The van der Waals surface area contributed by atoms with E-state index in [-0.39, 0.29) is 0 Å². The molecule has 1 N–H and O–H groups in total. The van der Waals surface area contributed by atoms with Gasteiger partial charge in [0.25, 0.3) is 0 Å². The summed E-state index contributed by atoms with van der Waals surface area (Å²) in [4.78, 5) is 0. The summed E-state index contributed by atoms with van der Waals surface area (Å²) in [5.74, 6) is 0. The molecule has 0 saturated carbocycles. The van der Waals surface area contributed by atoms with Gasteiger partial charge in [-0.05, 0) is 19.8 Å². The van der Waals surface area contributed by atoms with Crippen LogP contribution in [0.3, 0.4) is 0 Å². The van der Waals surface area contributed by atoms with Crippen molar-refractivity contribution in [3.63, 3.8) is 0 Å². The molecule has 84 valence electrons. The standard InChI is InChI=1S/C11H20N4/c1-10-11(9-14(2)13-10)8-12-15-6-4-3-5-7-15/h9,12H,3-8H2,1-2H3. The molecule has 0 amide bonds. The van der Waals surface area contributed by atoms with Gasteiger partial charge < -0.3 is 0 Å². The summed E-state index contributed by atoms with van der Waals surface area (Å²) < 4.78 is 1.88.